The minimum absolute atomic E-state index is 0.00359. The Labute approximate surface area is 208 Å². The molecule has 2 amide bonds. The number of halogens is 1. The highest BCUT2D eigenvalue weighted by Gasteiger charge is 2.24. The molecule has 2 heterocycles. The molecule has 2 N–H and O–H groups in total. The summed E-state index contributed by atoms with van der Waals surface area (Å²) in [7, 11) is 1.38. The van der Waals surface area contributed by atoms with Crippen LogP contribution in [-0.4, -0.2) is 45.1 Å². The zero-order chi connectivity index (χ0) is 25.7. The fraction of sp³-hybridized carbons (Fsp3) is 0.440. The van der Waals surface area contributed by atoms with E-state index in [-0.39, 0.29) is 29.9 Å². The minimum atomic E-state index is -0.471. The van der Waals surface area contributed by atoms with Crippen LogP contribution in [0.5, 0.6) is 5.75 Å². The van der Waals surface area contributed by atoms with Crippen LogP contribution in [0.1, 0.15) is 60.4 Å². The number of rotatable bonds is 8. The third kappa shape index (κ3) is 6.41. The van der Waals surface area contributed by atoms with E-state index in [0.717, 1.165) is 25.7 Å². The number of hydrogen-bond donors (Lipinski definition) is 2. The molecule has 3 aromatic rings. The molecule has 2 aromatic heterocycles. The Hall–Kier alpha value is -3.89. The second kappa shape index (κ2) is 11.2. The van der Waals surface area contributed by atoms with Gasteiger partial charge in [0.2, 0.25) is 17.6 Å². The van der Waals surface area contributed by atoms with Gasteiger partial charge >= 0.3 is 0 Å². The summed E-state index contributed by atoms with van der Waals surface area (Å²) in [6.45, 7) is 3.39. The van der Waals surface area contributed by atoms with Crippen LogP contribution < -0.4 is 15.4 Å². The van der Waals surface area contributed by atoms with Crippen molar-refractivity contribution in [1.82, 2.24) is 30.7 Å². The van der Waals surface area contributed by atoms with Crippen molar-refractivity contribution in [2.24, 2.45) is 5.92 Å². The van der Waals surface area contributed by atoms with E-state index in [1.807, 2.05) is 0 Å². The molecule has 36 heavy (non-hydrogen) atoms. The van der Waals surface area contributed by atoms with Gasteiger partial charge in [0, 0.05) is 25.9 Å². The van der Waals surface area contributed by atoms with Gasteiger partial charge in [0.05, 0.1) is 7.11 Å². The number of aromatic nitrogens is 4. The van der Waals surface area contributed by atoms with Crippen molar-refractivity contribution in [2.45, 2.75) is 58.5 Å². The van der Waals surface area contributed by atoms with E-state index in [9.17, 15) is 14.0 Å². The Bertz CT molecular complexity index is 1240. The summed E-state index contributed by atoms with van der Waals surface area (Å²) in [6, 6.07) is 6.13. The zero-order valence-corrected chi connectivity index (χ0v) is 20.5. The lowest BCUT2D eigenvalue weighted by atomic mass is 9.84. The summed E-state index contributed by atoms with van der Waals surface area (Å²) in [6.07, 6.45) is 4.45. The molecule has 1 aliphatic carbocycles. The SMILES string of the molecule is COc1cc(CNC(=O)c2cc(-c3noc(C[C@H]4CC[C@H](NC(C)=O)CC4)n3)nc(C)n2)ccc1F. The molecule has 1 aliphatic rings. The highest BCUT2D eigenvalue weighted by atomic mass is 19.1. The Kier molecular flexibility index (Phi) is 7.87. The van der Waals surface area contributed by atoms with Crippen molar-refractivity contribution >= 4 is 11.8 Å². The van der Waals surface area contributed by atoms with Crippen molar-refractivity contribution < 1.29 is 23.2 Å². The fourth-order valence-corrected chi connectivity index (χ4v) is 4.37. The zero-order valence-electron chi connectivity index (χ0n) is 20.5. The molecule has 0 radical (unpaired) electrons. The standard InChI is InChI=1S/C25H29FN6O4/c1-14-28-20(12-21(29-14)25(34)27-13-17-6-9-19(26)22(10-17)35-3)24-31-23(36-32-24)11-16-4-7-18(8-5-16)30-15(2)33/h6,9-10,12,16,18H,4-5,7-8,11,13H2,1-3H3,(H,27,34)(H,30,33)/t16-,18-. The molecular formula is C25H29FN6O4. The van der Waals surface area contributed by atoms with Crippen LogP contribution in [0.25, 0.3) is 11.5 Å². The van der Waals surface area contributed by atoms with Crippen LogP contribution in [0, 0.1) is 18.7 Å². The second-order valence-corrected chi connectivity index (χ2v) is 8.97. The second-order valence-electron chi connectivity index (χ2n) is 8.97. The van der Waals surface area contributed by atoms with Gasteiger partial charge in [-0.1, -0.05) is 11.2 Å². The maximum atomic E-state index is 13.6. The number of nitrogens with one attached hydrogen (secondary N) is 2. The average Bonchev–Trinajstić information content (AvgIpc) is 3.32. The lowest BCUT2D eigenvalue weighted by molar-refractivity contribution is -0.119. The smallest absolute Gasteiger partial charge is 0.270 e. The summed E-state index contributed by atoms with van der Waals surface area (Å²) in [5, 5.41) is 9.80. The monoisotopic (exact) mass is 496 g/mol. The maximum absolute atomic E-state index is 13.6. The van der Waals surface area contributed by atoms with Gasteiger partial charge in [-0.25, -0.2) is 14.4 Å². The van der Waals surface area contributed by atoms with Gasteiger partial charge in [0.25, 0.3) is 5.91 Å². The summed E-state index contributed by atoms with van der Waals surface area (Å²) >= 11 is 0. The Morgan fingerprint density at radius 1 is 1.14 bits per heavy atom. The van der Waals surface area contributed by atoms with Gasteiger partial charge in [0.15, 0.2) is 11.6 Å². The predicted molar refractivity (Wildman–Crippen MR) is 127 cm³/mol. The molecule has 1 fully saturated rings. The normalized spacial score (nSPS) is 17.4. The number of amides is 2. The van der Waals surface area contributed by atoms with Gasteiger partial charge in [-0.05, 0) is 62.3 Å². The highest BCUT2D eigenvalue weighted by molar-refractivity contribution is 5.93. The molecular weight excluding hydrogens is 467 g/mol. The number of benzene rings is 1. The van der Waals surface area contributed by atoms with E-state index in [1.54, 1.807) is 19.9 Å². The Balaban J connectivity index is 1.38. The molecule has 11 heteroatoms. The van der Waals surface area contributed by atoms with Crippen LogP contribution in [0.15, 0.2) is 28.8 Å². The van der Waals surface area contributed by atoms with Gasteiger partial charge in [-0.15, -0.1) is 0 Å². The average molecular weight is 497 g/mol. The van der Waals surface area contributed by atoms with Crippen molar-refractivity contribution in [3.63, 3.8) is 0 Å². The quantitative estimate of drug-likeness (QED) is 0.486. The summed E-state index contributed by atoms with van der Waals surface area (Å²) in [5.74, 6) is 0.829. The Morgan fingerprint density at radius 2 is 1.92 bits per heavy atom. The third-order valence-corrected chi connectivity index (χ3v) is 6.15. The number of methoxy groups -OCH3 is 1. The molecule has 1 aromatic carbocycles. The van der Waals surface area contributed by atoms with Gasteiger partial charge < -0.3 is 19.9 Å². The number of carbonyl (C=O) groups is 2. The van der Waals surface area contributed by atoms with E-state index < -0.39 is 11.7 Å². The van der Waals surface area contributed by atoms with Crippen LogP contribution in [0.4, 0.5) is 4.39 Å². The van der Waals surface area contributed by atoms with E-state index in [4.69, 9.17) is 9.26 Å². The van der Waals surface area contributed by atoms with Crippen LogP contribution >= 0.6 is 0 Å². The largest absolute Gasteiger partial charge is 0.494 e. The van der Waals surface area contributed by atoms with Gasteiger partial charge in [-0.3, -0.25) is 9.59 Å². The molecule has 0 atom stereocenters. The Morgan fingerprint density at radius 3 is 2.64 bits per heavy atom. The van der Waals surface area contributed by atoms with E-state index >= 15 is 0 Å². The molecule has 0 unspecified atom stereocenters. The predicted octanol–water partition coefficient (Wildman–Crippen LogP) is 3.15. The van der Waals surface area contributed by atoms with Crippen molar-refractivity contribution in [3.05, 3.63) is 53.1 Å². The van der Waals surface area contributed by atoms with E-state index in [1.165, 1.54) is 25.3 Å². The van der Waals surface area contributed by atoms with Crippen LogP contribution in [0.3, 0.4) is 0 Å². The van der Waals surface area contributed by atoms with E-state index in [0.29, 0.717) is 41.1 Å². The molecule has 0 bridgehead atoms. The first-order chi connectivity index (χ1) is 17.3. The van der Waals surface area contributed by atoms with E-state index in [2.05, 4.69) is 30.7 Å². The summed E-state index contributed by atoms with van der Waals surface area (Å²) in [4.78, 5) is 37.1. The molecule has 0 spiro atoms. The lowest BCUT2D eigenvalue weighted by Gasteiger charge is -2.27. The topological polar surface area (TPSA) is 132 Å². The highest BCUT2D eigenvalue weighted by Crippen LogP contribution is 2.27. The minimum Gasteiger partial charge on any atom is -0.494 e. The maximum Gasteiger partial charge on any atom is 0.270 e. The third-order valence-electron chi connectivity index (χ3n) is 6.15. The van der Waals surface area contributed by atoms with Crippen molar-refractivity contribution in [1.29, 1.82) is 0 Å². The number of aryl methyl sites for hydroxylation is 1. The molecule has 190 valence electrons. The van der Waals surface area contributed by atoms with Crippen molar-refractivity contribution in [2.75, 3.05) is 7.11 Å². The summed E-state index contributed by atoms with van der Waals surface area (Å²) in [5.41, 5.74) is 1.23. The number of nitrogens with zero attached hydrogens (tertiary/aromatic N) is 4. The number of carbonyl (C=O) groups excluding carboxylic acids is 2. The first kappa shape index (κ1) is 25.2. The van der Waals surface area contributed by atoms with Gasteiger partial charge in [-0.2, -0.15) is 4.98 Å². The first-order valence-corrected chi connectivity index (χ1v) is 11.9. The van der Waals surface area contributed by atoms with Crippen LogP contribution in [0.2, 0.25) is 0 Å². The van der Waals surface area contributed by atoms with Gasteiger partial charge in [0.1, 0.15) is 17.2 Å². The number of hydrogen-bond acceptors (Lipinski definition) is 8. The van der Waals surface area contributed by atoms with Crippen molar-refractivity contribution in [3.8, 4) is 17.3 Å². The molecule has 0 saturated heterocycles. The summed E-state index contributed by atoms with van der Waals surface area (Å²) < 4.78 is 24.0. The lowest BCUT2D eigenvalue weighted by Crippen LogP contribution is -2.36. The molecule has 0 aliphatic heterocycles. The molecule has 1 saturated carbocycles. The molecule has 4 rings (SSSR count). The fourth-order valence-electron chi connectivity index (χ4n) is 4.37. The molecule has 10 nitrogen and oxygen atoms in total. The first-order valence-electron chi connectivity index (χ1n) is 11.9. The number of ether oxygens (including phenoxy) is 1. The van der Waals surface area contributed by atoms with Crippen LogP contribution in [-0.2, 0) is 17.8 Å².